The lowest BCUT2D eigenvalue weighted by Gasteiger charge is -2.29. The van der Waals surface area contributed by atoms with Crippen LogP contribution in [0.25, 0.3) is 22.3 Å². The van der Waals surface area contributed by atoms with E-state index in [9.17, 15) is 0 Å². The minimum absolute atomic E-state index is 0.142. The van der Waals surface area contributed by atoms with Crippen LogP contribution in [0.3, 0.4) is 0 Å². The van der Waals surface area contributed by atoms with Crippen LogP contribution in [0.5, 0.6) is 0 Å². The number of rotatable bonds is 4. The Morgan fingerprint density at radius 3 is 2.71 bits per heavy atom. The normalized spacial score (nSPS) is 24.5. The van der Waals surface area contributed by atoms with Crippen LogP contribution in [-0.4, -0.2) is 28.0 Å². The fourth-order valence-electron chi connectivity index (χ4n) is 5.02. The Kier molecular flexibility index (Phi) is 5.68. The number of nitrogens with zero attached hydrogens (tertiary/aromatic N) is 3. The predicted molar refractivity (Wildman–Crippen MR) is 130 cm³/mol. The van der Waals surface area contributed by atoms with Crippen LogP contribution in [0.1, 0.15) is 45.1 Å². The van der Waals surface area contributed by atoms with Gasteiger partial charge in [-0.05, 0) is 60.6 Å². The van der Waals surface area contributed by atoms with E-state index in [0.29, 0.717) is 17.9 Å². The van der Waals surface area contributed by atoms with E-state index in [4.69, 9.17) is 21.7 Å². The molecule has 2 aromatic heterocycles. The molecule has 31 heavy (non-hydrogen) atoms. The van der Waals surface area contributed by atoms with Gasteiger partial charge in [-0.2, -0.15) is 5.10 Å². The molecule has 0 amide bonds. The third-order valence-corrected chi connectivity index (χ3v) is 7.20. The molecule has 0 bridgehead atoms. The average Bonchev–Trinajstić information content (AvgIpc) is 3.40. The topological polar surface area (TPSA) is 41.7 Å². The van der Waals surface area contributed by atoms with Gasteiger partial charge in [-0.15, -0.1) is 0 Å². The van der Waals surface area contributed by atoms with Crippen molar-refractivity contribution in [3.05, 3.63) is 65.3 Å². The third-order valence-electron chi connectivity index (χ3n) is 6.97. The molecule has 3 aromatic rings. The number of aliphatic imine (C=N–C) groups is 1. The standard InChI is InChI=1S/C26H29ClN4/c1-17-18(2)26(29-21-10-3-4-11-21)28-14-13-22(17)24-23-12-5-6-15-31(23)30-25(24)19-8-7-9-20(27)16-19/h5-9,12-18,21,26,29H,3-4,10-11H2,1-2H3. The van der Waals surface area contributed by atoms with E-state index in [0.717, 1.165) is 21.8 Å². The second-order valence-electron chi connectivity index (χ2n) is 8.93. The second-order valence-corrected chi connectivity index (χ2v) is 9.36. The minimum atomic E-state index is 0.142. The van der Waals surface area contributed by atoms with E-state index in [1.165, 1.54) is 36.8 Å². The molecule has 1 fully saturated rings. The number of nitrogens with one attached hydrogen (secondary N) is 1. The van der Waals surface area contributed by atoms with Crippen molar-refractivity contribution in [2.45, 2.75) is 51.7 Å². The van der Waals surface area contributed by atoms with Crippen LogP contribution < -0.4 is 5.32 Å². The Bertz CT molecular complexity index is 1140. The first kappa shape index (κ1) is 20.5. The molecule has 0 saturated heterocycles. The summed E-state index contributed by atoms with van der Waals surface area (Å²) in [6.07, 6.45) is 11.5. The van der Waals surface area contributed by atoms with E-state index >= 15 is 0 Å². The molecule has 1 aliphatic carbocycles. The van der Waals surface area contributed by atoms with Gasteiger partial charge in [-0.1, -0.05) is 56.5 Å². The molecule has 3 atom stereocenters. The summed E-state index contributed by atoms with van der Waals surface area (Å²) < 4.78 is 1.97. The molecule has 3 heterocycles. The number of halogens is 1. The Labute approximate surface area is 189 Å². The molecule has 1 saturated carbocycles. The van der Waals surface area contributed by atoms with Crippen molar-refractivity contribution in [1.29, 1.82) is 0 Å². The predicted octanol–water partition coefficient (Wildman–Crippen LogP) is 6.25. The molecule has 5 heteroatoms. The second kappa shape index (κ2) is 8.60. The highest BCUT2D eigenvalue weighted by Crippen LogP contribution is 2.40. The van der Waals surface area contributed by atoms with Gasteiger partial charge in [0.2, 0.25) is 0 Å². The quantitative estimate of drug-likeness (QED) is 0.529. The maximum absolute atomic E-state index is 6.33. The van der Waals surface area contributed by atoms with Gasteiger partial charge in [0.15, 0.2) is 0 Å². The van der Waals surface area contributed by atoms with Gasteiger partial charge in [-0.25, -0.2) is 4.52 Å². The van der Waals surface area contributed by atoms with E-state index in [1.54, 1.807) is 0 Å². The average molecular weight is 433 g/mol. The van der Waals surface area contributed by atoms with Crippen molar-refractivity contribution in [2.24, 2.45) is 16.8 Å². The van der Waals surface area contributed by atoms with Crippen LogP contribution >= 0.6 is 11.6 Å². The fourth-order valence-corrected chi connectivity index (χ4v) is 5.21. The molecule has 1 N–H and O–H groups in total. The number of aromatic nitrogens is 2. The highest BCUT2D eigenvalue weighted by Gasteiger charge is 2.31. The lowest BCUT2D eigenvalue weighted by molar-refractivity contribution is 0.307. The number of hydrogen-bond acceptors (Lipinski definition) is 3. The van der Waals surface area contributed by atoms with Crippen LogP contribution in [0.4, 0.5) is 0 Å². The zero-order valence-electron chi connectivity index (χ0n) is 18.1. The Balaban J connectivity index is 1.56. The molecule has 1 aromatic carbocycles. The summed E-state index contributed by atoms with van der Waals surface area (Å²) in [5.41, 5.74) is 5.57. The van der Waals surface area contributed by atoms with Crippen molar-refractivity contribution in [3.63, 3.8) is 0 Å². The summed E-state index contributed by atoms with van der Waals surface area (Å²) >= 11 is 6.33. The molecular weight excluding hydrogens is 404 g/mol. The van der Waals surface area contributed by atoms with Gasteiger partial charge in [0.05, 0.1) is 5.52 Å². The Morgan fingerprint density at radius 2 is 1.90 bits per heavy atom. The lowest BCUT2D eigenvalue weighted by Crippen LogP contribution is -2.41. The summed E-state index contributed by atoms with van der Waals surface area (Å²) in [7, 11) is 0. The van der Waals surface area contributed by atoms with Crippen LogP contribution in [0, 0.1) is 11.8 Å². The number of benzene rings is 1. The molecule has 0 radical (unpaired) electrons. The van der Waals surface area contributed by atoms with Crippen LogP contribution in [0.15, 0.2) is 59.7 Å². The van der Waals surface area contributed by atoms with Gasteiger partial charge >= 0.3 is 0 Å². The highest BCUT2D eigenvalue weighted by atomic mass is 35.5. The summed E-state index contributed by atoms with van der Waals surface area (Å²) in [6, 6.07) is 14.8. The monoisotopic (exact) mass is 432 g/mol. The largest absolute Gasteiger partial charge is 0.293 e. The molecule has 4 nitrogen and oxygen atoms in total. The van der Waals surface area contributed by atoms with Crippen LogP contribution in [-0.2, 0) is 0 Å². The summed E-state index contributed by atoms with van der Waals surface area (Å²) in [5.74, 6) is 0.698. The lowest BCUT2D eigenvalue weighted by atomic mass is 9.82. The van der Waals surface area contributed by atoms with Crippen molar-refractivity contribution in [3.8, 4) is 11.3 Å². The van der Waals surface area contributed by atoms with Crippen LogP contribution in [0.2, 0.25) is 5.02 Å². The zero-order chi connectivity index (χ0) is 21.4. The fraction of sp³-hybridized carbons (Fsp3) is 0.385. The molecule has 5 rings (SSSR count). The minimum Gasteiger partial charge on any atom is -0.293 e. The molecule has 2 aliphatic rings. The van der Waals surface area contributed by atoms with E-state index in [2.05, 4.69) is 43.4 Å². The Hall–Kier alpha value is -2.43. The smallest absolute Gasteiger partial charge is 0.103 e. The van der Waals surface area contributed by atoms with E-state index in [-0.39, 0.29) is 6.17 Å². The maximum Gasteiger partial charge on any atom is 0.103 e. The first-order valence-electron chi connectivity index (χ1n) is 11.3. The van der Waals surface area contributed by atoms with Gasteiger partial charge in [0.25, 0.3) is 0 Å². The molecule has 0 spiro atoms. The Morgan fingerprint density at radius 1 is 1.06 bits per heavy atom. The van der Waals surface area contributed by atoms with E-state index in [1.807, 2.05) is 41.2 Å². The zero-order valence-corrected chi connectivity index (χ0v) is 18.9. The SMILES string of the molecule is CC1C(c2c(-c3cccc(Cl)c3)nn3ccccc23)=CC=NC(NC2CCCC2)C1C. The van der Waals surface area contributed by atoms with Gasteiger partial charge < -0.3 is 0 Å². The van der Waals surface area contributed by atoms with Gasteiger partial charge in [0.1, 0.15) is 11.9 Å². The third kappa shape index (κ3) is 3.95. The molecular formula is C26H29ClN4. The van der Waals surface area contributed by atoms with Gasteiger partial charge in [-0.3, -0.25) is 10.3 Å². The van der Waals surface area contributed by atoms with Crippen molar-refractivity contribution < 1.29 is 0 Å². The number of hydrogen-bond donors (Lipinski definition) is 1. The summed E-state index contributed by atoms with van der Waals surface area (Å²) in [6.45, 7) is 4.64. The maximum atomic E-state index is 6.33. The molecule has 160 valence electrons. The number of allylic oxidation sites excluding steroid dienone is 2. The highest BCUT2D eigenvalue weighted by molar-refractivity contribution is 6.30. The number of pyridine rings is 1. The summed E-state index contributed by atoms with van der Waals surface area (Å²) in [4.78, 5) is 4.91. The molecule has 3 unspecified atom stereocenters. The first-order valence-corrected chi connectivity index (χ1v) is 11.7. The first-order chi connectivity index (χ1) is 15.1. The number of fused-ring (bicyclic) bond motifs is 1. The van der Waals surface area contributed by atoms with Crippen molar-refractivity contribution >= 4 is 28.9 Å². The van der Waals surface area contributed by atoms with Crippen molar-refractivity contribution in [1.82, 2.24) is 14.9 Å². The molecule has 1 aliphatic heterocycles. The summed E-state index contributed by atoms with van der Waals surface area (Å²) in [5, 5.41) is 9.50. The van der Waals surface area contributed by atoms with Gasteiger partial charge in [0, 0.05) is 34.6 Å². The van der Waals surface area contributed by atoms with E-state index < -0.39 is 0 Å². The van der Waals surface area contributed by atoms with Crippen molar-refractivity contribution in [2.75, 3.05) is 0 Å².